The topological polar surface area (TPSA) is 68.5 Å². The van der Waals surface area contributed by atoms with E-state index in [1.54, 1.807) is 17.3 Å². The Hall–Kier alpha value is -1.78. The number of amides is 1. The number of anilines is 1. The molecule has 1 aliphatic heterocycles. The van der Waals surface area contributed by atoms with Gasteiger partial charge in [0.15, 0.2) is 0 Å². The fraction of sp³-hybridized carbons (Fsp3) is 0.571. The summed E-state index contributed by atoms with van der Waals surface area (Å²) >= 11 is 0. The minimum atomic E-state index is -0.474. The molecule has 5 heteroatoms. The molecule has 2 rings (SSSR count). The van der Waals surface area contributed by atoms with Crippen LogP contribution in [0.25, 0.3) is 0 Å². The van der Waals surface area contributed by atoms with Gasteiger partial charge >= 0.3 is 6.09 Å². The Morgan fingerprint density at radius 1 is 1.47 bits per heavy atom. The number of ether oxygens (including phenoxy) is 1. The van der Waals surface area contributed by atoms with E-state index >= 15 is 0 Å². The Balaban J connectivity index is 2.15. The van der Waals surface area contributed by atoms with Gasteiger partial charge in [0.2, 0.25) is 0 Å². The Kier molecular flexibility index (Phi) is 3.64. The summed E-state index contributed by atoms with van der Waals surface area (Å²) < 4.78 is 5.44. The number of carbonyl (C=O) groups excluding carboxylic acids is 1. The molecule has 104 valence electrons. The van der Waals surface area contributed by atoms with Crippen molar-refractivity contribution in [2.24, 2.45) is 0 Å². The zero-order chi connectivity index (χ0) is 14.0. The smallest absolute Gasteiger partial charge is 0.410 e. The van der Waals surface area contributed by atoms with E-state index in [-0.39, 0.29) is 12.1 Å². The number of aromatic nitrogens is 1. The number of nitrogens with two attached hydrogens (primary N) is 1. The Morgan fingerprint density at radius 2 is 2.21 bits per heavy atom. The third-order valence-electron chi connectivity index (χ3n) is 3.05. The quantitative estimate of drug-likeness (QED) is 0.845. The maximum Gasteiger partial charge on any atom is 0.410 e. The molecular formula is C14H21N3O2. The second-order valence-corrected chi connectivity index (χ2v) is 5.88. The van der Waals surface area contributed by atoms with Crippen LogP contribution in [0.5, 0.6) is 0 Å². The van der Waals surface area contributed by atoms with Crippen molar-refractivity contribution in [3.8, 4) is 0 Å². The molecule has 5 nitrogen and oxygen atoms in total. The van der Waals surface area contributed by atoms with E-state index < -0.39 is 5.60 Å². The van der Waals surface area contributed by atoms with Crippen molar-refractivity contribution in [2.45, 2.75) is 45.3 Å². The average molecular weight is 263 g/mol. The predicted molar refractivity (Wildman–Crippen MR) is 73.6 cm³/mol. The van der Waals surface area contributed by atoms with E-state index in [0.29, 0.717) is 12.2 Å². The van der Waals surface area contributed by atoms with Gasteiger partial charge in [-0.2, -0.15) is 0 Å². The molecule has 1 fully saturated rings. The number of likely N-dealkylation sites (tertiary alicyclic amines) is 1. The summed E-state index contributed by atoms with van der Waals surface area (Å²) in [7, 11) is 0. The minimum Gasteiger partial charge on any atom is -0.444 e. The number of hydrogen-bond donors (Lipinski definition) is 1. The van der Waals surface area contributed by atoms with Crippen molar-refractivity contribution >= 4 is 11.8 Å². The van der Waals surface area contributed by atoms with E-state index in [0.717, 1.165) is 18.4 Å². The molecule has 0 aromatic carbocycles. The zero-order valence-corrected chi connectivity index (χ0v) is 11.7. The summed E-state index contributed by atoms with van der Waals surface area (Å²) in [6, 6.07) is 1.89. The van der Waals surface area contributed by atoms with Crippen LogP contribution in [-0.4, -0.2) is 28.1 Å². The molecular weight excluding hydrogens is 242 g/mol. The summed E-state index contributed by atoms with van der Waals surface area (Å²) in [5.41, 5.74) is 6.87. The van der Waals surface area contributed by atoms with E-state index in [1.807, 2.05) is 26.8 Å². The van der Waals surface area contributed by atoms with Gasteiger partial charge in [-0.25, -0.2) is 4.79 Å². The minimum absolute atomic E-state index is 0.0193. The van der Waals surface area contributed by atoms with Crippen LogP contribution in [0.3, 0.4) is 0 Å². The van der Waals surface area contributed by atoms with Crippen molar-refractivity contribution in [3.63, 3.8) is 0 Å². The lowest BCUT2D eigenvalue weighted by Gasteiger charge is -2.28. The molecule has 0 saturated carbocycles. The number of pyridine rings is 1. The Morgan fingerprint density at radius 3 is 2.84 bits per heavy atom. The molecule has 1 atom stereocenters. The van der Waals surface area contributed by atoms with Gasteiger partial charge in [0.05, 0.1) is 11.7 Å². The molecule has 1 saturated heterocycles. The molecule has 0 spiro atoms. The van der Waals surface area contributed by atoms with Gasteiger partial charge in [-0.3, -0.25) is 4.98 Å². The van der Waals surface area contributed by atoms with Gasteiger partial charge in [0, 0.05) is 18.9 Å². The highest BCUT2D eigenvalue weighted by Crippen LogP contribution is 2.33. The SMILES string of the molecule is CC(C)(C)OC(=O)N1CCC[C@H]1c1cncc(N)c1. The van der Waals surface area contributed by atoms with E-state index in [2.05, 4.69) is 4.98 Å². The lowest BCUT2D eigenvalue weighted by Crippen LogP contribution is -2.36. The van der Waals surface area contributed by atoms with Gasteiger partial charge in [0.1, 0.15) is 5.60 Å². The summed E-state index contributed by atoms with van der Waals surface area (Å²) in [5, 5.41) is 0. The maximum absolute atomic E-state index is 12.2. The van der Waals surface area contributed by atoms with Crippen LogP contribution in [0.4, 0.5) is 10.5 Å². The van der Waals surface area contributed by atoms with Crippen LogP contribution in [-0.2, 0) is 4.74 Å². The van der Waals surface area contributed by atoms with Crippen molar-refractivity contribution < 1.29 is 9.53 Å². The number of nitrogen functional groups attached to an aromatic ring is 1. The van der Waals surface area contributed by atoms with E-state index in [9.17, 15) is 4.79 Å². The highest BCUT2D eigenvalue weighted by Gasteiger charge is 2.33. The molecule has 1 amide bonds. The maximum atomic E-state index is 12.2. The lowest BCUT2D eigenvalue weighted by atomic mass is 10.1. The second kappa shape index (κ2) is 5.07. The zero-order valence-electron chi connectivity index (χ0n) is 11.7. The lowest BCUT2D eigenvalue weighted by molar-refractivity contribution is 0.0224. The van der Waals surface area contributed by atoms with Crippen LogP contribution in [0.2, 0.25) is 0 Å². The molecule has 0 radical (unpaired) electrons. The van der Waals surface area contributed by atoms with Gasteiger partial charge in [-0.1, -0.05) is 0 Å². The summed E-state index contributed by atoms with van der Waals surface area (Å²) in [6.07, 6.45) is 5.00. The van der Waals surface area contributed by atoms with Gasteiger partial charge < -0.3 is 15.4 Å². The first-order chi connectivity index (χ1) is 8.87. The van der Waals surface area contributed by atoms with Gasteiger partial charge in [0.25, 0.3) is 0 Å². The molecule has 0 bridgehead atoms. The standard InChI is InChI=1S/C14H21N3O2/c1-14(2,3)19-13(18)17-6-4-5-12(17)10-7-11(15)9-16-8-10/h7-9,12H,4-6,15H2,1-3H3/t12-/m0/s1. The third-order valence-corrected chi connectivity index (χ3v) is 3.05. The predicted octanol–water partition coefficient (Wildman–Crippen LogP) is 2.74. The van der Waals surface area contributed by atoms with Crippen molar-refractivity contribution in [1.82, 2.24) is 9.88 Å². The first-order valence-electron chi connectivity index (χ1n) is 6.57. The molecule has 1 aliphatic rings. The van der Waals surface area contributed by atoms with Crippen molar-refractivity contribution in [1.29, 1.82) is 0 Å². The Labute approximate surface area is 113 Å². The fourth-order valence-corrected chi connectivity index (χ4v) is 2.31. The molecule has 0 unspecified atom stereocenters. The average Bonchev–Trinajstić information content (AvgIpc) is 2.75. The second-order valence-electron chi connectivity index (χ2n) is 5.88. The molecule has 2 N–H and O–H groups in total. The van der Waals surface area contributed by atoms with Crippen LogP contribution < -0.4 is 5.73 Å². The van der Waals surface area contributed by atoms with Crippen LogP contribution in [0.1, 0.15) is 45.2 Å². The number of hydrogen-bond acceptors (Lipinski definition) is 4. The number of rotatable bonds is 1. The molecule has 1 aromatic heterocycles. The third kappa shape index (κ3) is 3.36. The molecule has 1 aromatic rings. The van der Waals surface area contributed by atoms with Crippen LogP contribution in [0, 0.1) is 0 Å². The highest BCUT2D eigenvalue weighted by molar-refractivity contribution is 5.69. The van der Waals surface area contributed by atoms with E-state index in [1.165, 1.54) is 0 Å². The monoisotopic (exact) mass is 263 g/mol. The molecule has 19 heavy (non-hydrogen) atoms. The highest BCUT2D eigenvalue weighted by atomic mass is 16.6. The van der Waals surface area contributed by atoms with Gasteiger partial charge in [-0.05, 0) is 45.2 Å². The van der Waals surface area contributed by atoms with Crippen molar-refractivity contribution in [3.05, 3.63) is 24.0 Å². The summed E-state index contributed by atoms with van der Waals surface area (Å²) in [4.78, 5) is 18.0. The first kappa shape index (κ1) is 13.6. The van der Waals surface area contributed by atoms with Crippen LogP contribution >= 0.6 is 0 Å². The molecule has 2 heterocycles. The van der Waals surface area contributed by atoms with Crippen LogP contribution in [0.15, 0.2) is 18.5 Å². The van der Waals surface area contributed by atoms with Gasteiger partial charge in [-0.15, -0.1) is 0 Å². The van der Waals surface area contributed by atoms with Crippen molar-refractivity contribution in [2.75, 3.05) is 12.3 Å². The summed E-state index contributed by atoms with van der Waals surface area (Å²) in [6.45, 7) is 6.34. The molecule has 0 aliphatic carbocycles. The van der Waals surface area contributed by atoms with E-state index in [4.69, 9.17) is 10.5 Å². The number of carbonyl (C=O) groups is 1. The summed E-state index contributed by atoms with van der Waals surface area (Å²) in [5.74, 6) is 0. The fourth-order valence-electron chi connectivity index (χ4n) is 2.31. The largest absolute Gasteiger partial charge is 0.444 e. The Bertz CT molecular complexity index is 468. The normalized spacial score (nSPS) is 19.5. The number of nitrogens with zero attached hydrogens (tertiary/aromatic N) is 2. The first-order valence-corrected chi connectivity index (χ1v) is 6.57.